The number of rotatable bonds is 6. The molecule has 4 atom stereocenters. The Morgan fingerprint density at radius 2 is 0.833 bits per heavy atom. The van der Waals surface area contributed by atoms with Gasteiger partial charge in [0.25, 0.3) is 0 Å². The number of benzene rings is 1. The third-order valence-electron chi connectivity index (χ3n) is 9.84. The van der Waals surface area contributed by atoms with E-state index in [1.165, 1.54) is 0 Å². The van der Waals surface area contributed by atoms with Crippen LogP contribution in [0.25, 0.3) is 0 Å². The molecule has 0 aliphatic heterocycles. The summed E-state index contributed by atoms with van der Waals surface area (Å²) < 4.78 is 0. The van der Waals surface area contributed by atoms with Gasteiger partial charge in [0.15, 0.2) is 0 Å². The Labute approximate surface area is 300 Å². The largest absolute Gasteiger partial charge is 0.388 e. The minimum Gasteiger partial charge on any atom is -0.388 e. The third-order valence-corrected chi connectivity index (χ3v) is 23.4. The molecule has 0 unspecified atom stereocenters. The molecule has 0 spiro atoms. The average Bonchev–Trinajstić information content (AvgIpc) is 2.88. The van der Waals surface area contributed by atoms with Gasteiger partial charge in [0.2, 0.25) is 0 Å². The van der Waals surface area contributed by atoms with Crippen molar-refractivity contribution in [3.05, 3.63) is 58.7 Å². The molecule has 262 valence electrons. The van der Waals surface area contributed by atoms with Gasteiger partial charge in [-0.15, -0.1) is 22.9 Å². The minimum atomic E-state index is -1.94. The van der Waals surface area contributed by atoms with E-state index in [0.29, 0.717) is 0 Å². The van der Waals surface area contributed by atoms with E-state index in [4.69, 9.17) is 0 Å². The van der Waals surface area contributed by atoms with E-state index in [-0.39, 0.29) is 21.2 Å². The molecule has 2 N–H and O–H groups in total. The first-order valence-corrected chi connectivity index (χ1v) is 30.6. The molecule has 0 bridgehead atoms. The Morgan fingerprint density at radius 3 is 1.06 bits per heavy atom. The maximum absolute atomic E-state index is 11.4. The molecule has 0 saturated heterocycles. The molecule has 0 fully saturated rings. The van der Waals surface area contributed by atoms with Crippen LogP contribution in [0.4, 0.5) is 0 Å². The molecule has 0 heterocycles. The van der Waals surface area contributed by atoms with E-state index in [1.807, 2.05) is 50.3 Å². The summed E-state index contributed by atoms with van der Waals surface area (Å²) in [4.78, 5) is 0. The van der Waals surface area contributed by atoms with E-state index < -0.39 is 44.5 Å². The number of hydrogen-bond acceptors (Lipinski definition) is 2. The third kappa shape index (κ3) is 13.9. The lowest BCUT2D eigenvalue weighted by Crippen LogP contribution is -2.46. The highest BCUT2D eigenvalue weighted by Gasteiger charge is 2.45. The molecule has 6 heteroatoms. The Morgan fingerprint density at radius 1 is 0.562 bits per heavy atom. The topological polar surface area (TPSA) is 40.5 Å². The molecule has 0 saturated carbocycles. The lowest BCUT2D eigenvalue weighted by Gasteiger charge is -2.42. The molecule has 0 radical (unpaired) electrons. The van der Waals surface area contributed by atoms with Gasteiger partial charge in [-0.05, 0) is 71.5 Å². The average molecular weight is 715 g/mol. The molecule has 0 aliphatic rings. The normalized spacial score (nSPS) is 16.0. The van der Waals surface area contributed by atoms with Crippen LogP contribution in [-0.2, 0) is 0 Å². The van der Waals surface area contributed by atoms with Crippen LogP contribution in [0.2, 0.25) is 86.6 Å². The van der Waals surface area contributed by atoms with E-state index >= 15 is 0 Å². The standard InChI is InChI=1S/C42H66O2Si4/c1-33(31-37(43)39(27-29-45(9,10)11)47(15,16)41(3,4)5)19-21-35-23-25-36(26-24-35)22-20-34(2)32-38(44)40(28-30-46(12,13)14)48(17,18)42(6,7)8/h23-26,31-32,37-40,43-44H,1-18H3/b33-31-,34-32-/t37-,38-,39+,40+/m0/s1. The van der Waals surface area contributed by atoms with Crippen LogP contribution in [0.5, 0.6) is 0 Å². The maximum Gasteiger partial charge on any atom is 0.129 e. The number of hydrogen-bond donors (Lipinski definition) is 2. The van der Waals surface area contributed by atoms with Crippen LogP contribution in [0.3, 0.4) is 0 Å². The lowest BCUT2D eigenvalue weighted by molar-refractivity contribution is 0.224. The van der Waals surface area contributed by atoms with E-state index in [9.17, 15) is 10.2 Å². The fraction of sp³-hybridized carbons (Fsp3) is 0.571. The Kier molecular flexibility index (Phi) is 15.2. The Bertz CT molecular complexity index is 1450. The van der Waals surface area contributed by atoms with Crippen molar-refractivity contribution in [2.24, 2.45) is 0 Å². The summed E-state index contributed by atoms with van der Waals surface area (Å²) >= 11 is 0. The summed E-state index contributed by atoms with van der Waals surface area (Å²) in [5.74, 6) is 20.1. The van der Waals surface area contributed by atoms with Gasteiger partial charge in [-0.25, -0.2) is 0 Å². The van der Waals surface area contributed by atoms with E-state index in [2.05, 4.69) is 154 Å². The summed E-state index contributed by atoms with van der Waals surface area (Å²) in [6, 6.07) is 7.91. The lowest BCUT2D eigenvalue weighted by atomic mass is 10.1. The molecule has 1 aromatic carbocycles. The first-order chi connectivity index (χ1) is 21.5. The van der Waals surface area contributed by atoms with Crippen LogP contribution in [0.15, 0.2) is 47.6 Å². The number of allylic oxidation sites excluding steroid dienone is 2. The van der Waals surface area contributed by atoms with Crippen LogP contribution in [0.1, 0.15) is 66.5 Å². The SMILES string of the molecule is C/C(C#Cc1ccc(C#C/C(C)=C\[C@H](O)[C@@H](C#C[Si](C)(C)C)[Si](C)(C)C(C)(C)C)cc1)=C/[C@H](O)[C@@H](C#C[Si](C)(C)C)[Si](C)(C)C(C)(C)C. The van der Waals surface area contributed by atoms with E-state index in [1.54, 1.807) is 0 Å². The van der Waals surface area contributed by atoms with Crippen molar-refractivity contribution in [1.82, 2.24) is 0 Å². The summed E-state index contributed by atoms with van der Waals surface area (Å²) in [6.07, 6.45) is 2.49. The van der Waals surface area contributed by atoms with Crippen molar-refractivity contribution in [3.8, 4) is 46.6 Å². The van der Waals surface area contributed by atoms with Gasteiger partial charge in [0, 0.05) is 22.2 Å². The predicted octanol–water partition coefficient (Wildman–Crippen LogP) is 10.5. The van der Waals surface area contributed by atoms with Crippen molar-refractivity contribution >= 4 is 32.3 Å². The van der Waals surface area contributed by atoms with Crippen molar-refractivity contribution in [2.75, 3.05) is 0 Å². The molecular formula is C42H66O2Si4. The fourth-order valence-corrected chi connectivity index (χ4v) is 10.8. The highest BCUT2D eigenvalue weighted by Crippen LogP contribution is 2.46. The molecular weight excluding hydrogens is 649 g/mol. The van der Waals surface area contributed by atoms with Gasteiger partial charge in [-0.3, -0.25) is 0 Å². The number of aliphatic hydroxyl groups is 2. The van der Waals surface area contributed by atoms with Gasteiger partial charge in [-0.1, -0.05) is 131 Å². The molecule has 48 heavy (non-hydrogen) atoms. The first-order valence-electron chi connectivity index (χ1n) is 17.4. The Hall–Kier alpha value is -2.27. The van der Waals surface area contributed by atoms with Crippen molar-refractivity contribution in [3.63, 3.8) is 0 Å². The van der Waals surface area contributed by atoms with Gasteiger partial charge in [0.05, 0.1) is 28.4 Å². The van der Waals surface area contributed by atoms with Crippen LogP contribution < -0.4 is 0 Å². The molecule has 0 aliphatic carbocycles. The molecule has 0 aromatic heterocycles. The Balaban J connectivity index is 3.24. The highest BCUT2D eigenvalue weighted by molar-refractivity contribution is 6.85. The zero-order valence-electron chi connectivity index (χ0n) is 33.7. The van der Waals surface area contributed by atoms with Gasteiger partial charge < -0.3 is 10.2 Å². The molecule has 1 rings (SSSR count). The summed E-state index contributed by atoms with van der Waals surface area (Å²) in [5.41, 5.74) is 10.4. The zero-order chi connectivity index (χ0) is 37.5. The quantitative estimate of drug-likeness (QED) is 0.228. The van der Waals surface area contributed by atoms with Crippen LogP contribution >= 0.6 is 0 Å². The second-order valence-corrected chi connectivity index (χ2v) is 39.3. The van der Waals surface area contributed by atoms with E-state index in [0.717, 1.165) is 22.3 Å². The van der Waals surface area contributed by atoms with Crippen LogP contribution in [-0.4, -0.2) is 54.7 Å². The summed E-state index contributed by atoms with van der Waals surface area (Å²) in [7, 11) is -7.05. The van der Waals surface area contributed by atoms with Crippen molar-refractivity contribution < 1.29 is 10.2 Å². The number of aliphatic hydroxyl groups excluding tert-OH is 2. The van der Waals surface area contributed by atoms with Gasteiger partial charge >= 0.3 is 0 Å². The van der Waals surface area contributed by atoms with Gasteiger partial charge in [0.1, 0.15) is 16.1 Å². The predicted molar refractivity (Wildman–Crippen MR) is 224 cm³/mol. The first kappa shape index (κ1) is 43.7. The smallest absolute Gasteiger partial charge is 0.129 e. The van der Waals surface area contributed by atoms with Crippen LogP contribution in [0, 0.1) is 46.6 Å². The summed E-state index contributed by atoms with van der Waals surface area (Å²) in [6.45, 7) is 40.4. The van der Waals surface area contributed by atoms with Gasteiger partial charge in [-0.2, -0.15) is 0 Å². The van der Waals surface area contributed by atoms with Crippen molar-refractivity contribution in [2.45, 2.75) is 154 Å². The monoisotopic (exact) mass is 714 g/mol. The minimum absolute atomic E-state index is 0.0616. The molecule has 1 aromatic rings. The molecule has 2 nitrogen and oxygen atoms in total. The second kappa shape index (κ2) is 16.6. The maximum atomic E-state index is 11.4. The fourth-order valence-electron chi connectivity index (χ4n) is 4.67. The van der Waals surface area contributed by atoms with Crippen molar-refractivity contribution in [1.29, 1.82) is 0 Å². The second-order valence-electron chi connectivity index (χ2n) is 18.7. The summed E-state index contributed by atoms with van der Waals surface area (Å²) in [5, 5.41) is 23.0. The highest BCUT2D eigenvalue weighted by atomic mass is 28.3. The molecule has 0 amide bonds. The zero-order valence-corrected chi connectivity index (χ0v) is 37.7.